The lowest BCUT2D eigenvalue weighted by atomic mass is 9.91. The quantitative estimate of drug-likeness (QED) is 0.840. The monoisotopic (exact) mass is 235 g/mol. The summed E-state index contributed by atoms with van der Waals surface area (Å²) in [5, 5.41) is 12.5. The summed E-state index contributed by atoms with van der Waals surface area (Å²) in [5.74, 6) is 1.44. The summed E-state index contributed by atoms with van der Waals surface area (Å²) in [5.41, 5.74) is 1.23. The molecule has 1 heterocycles. The zero-order chi connectivity index (χ0) is 12.3. The highest BCUT2D eigenvalue weighted by Gasteiger charge is 2.28. The van der Waals surface area contributed by atoms with Gasteiger partial charge in [0.25, 0.3) is 0 Å². The molecular weight excluding hydrogens is 214 g/mol. The average molecular weight is 235 g/mol. The molecule has 0 saturated carbocycles. The molecule has 1 aromatic carbocycles. The van der Waals surface area contributed by atoms with Crippen LogP contribution in [0, 0.1) is 5.92 Å². The number of fused-ring (bicyclic) bond motifs is 1. The number of hydrogen-bond donors (Lipinski definition) is 2. The summed E-state index contributed by atoms with van der Waals surface area (Å²) < 4.78 is 5.72. The van der Waals surface area contributed by atoms with Crippen LogP contribution in [0.5, 0.6) is 5.75 Å². The second kappa shape index (κ2) is 5.52. The molecule has 3 unspecified atom stereocenters. The Morgan fingerprint density at radius 3 is 3.00 bits per heavy atom. The van der Waals surface area contributed by atoms with Gasteiger partial charge < -0.3 is 15.2 Å². The van der Waals surface area contributed by atoms with Gasteiger partial charge in [0.1, 0.15) is 5.75 Å². The van der Waals surface area contributed by atoms with Crippen LogP contribution in [0.25, 0.3) is 0 Å². The van der Waals surface area contributed by atoms with Crippen molar-refractivity contribution in [3.63, 3.8) is 0 Å². The minimum absolute atomic E-state index is 0.230. The number of ether oxygens (including phenoxy) is 1. The van der Waals surface area contributed by atoms with Gasteiger partial charge in [0.05, 0.1) is 6.61 Å². The molecule has 94 valence electrons. The van der Waals surface area contributed by atoms with Gasteiger partial charge in [-0.3, -0.25) is 0 Å². The zero-order valence-electron chi connectivity index (χ0n) is 10.5. The van der Waals surface area contributed by atoms with Gasteiger partial charge in [-0.25, -0.2) is 0 Å². The van der Waals surface area contributed by atoms with Crippen LogP contribution in [0.1, 0.15) is 31.9 Å². The predicted octanol–water partition coefficient (Wildman–Crippen LogP) is 2.12. The van der Waals surface area contributed by atoms with E-state index >= 15 is 0 Å². The first kappa shape index (κ1) is 12.4. The van der Waals surface area contributed by atoms with Crippen molar-refractivity contribution in [2.75, 3.05) is 13.2 Å². The molecule has 3 heteroatoms. The van der Waals surface area contributed by atoms with Crippen LogP contribution in [0.15, 0.2) is 24.3 Å². The van der Waals surface area contributed by atoms with Crippen molar-refractivity contribution in [3.8, 4) is 5.75 Å². The summed E-state index contributed by atoms with van der Waals surface area (Å²) in [6, 6.07) is 8.83. The standard InChI is InChI=1S/C14H21NO2/c1-10-9-17-13-6-4-3-5-12(13)14(10)15-11(2)7-8-16/h3-6,10-11,14-16H,7-9H2,1-2H3. The minimum Gasteiger partial charge on any atom is -0.493 e. The first-order chi connectivity index (χ1) is 8.22. The lowest BCUT2D eigenvalue weighted by Crippen LogP contribution is -2.39. The van der Waals surface area contributed by atoms with Crippen molar-refractivity contribution in [2.24, 2.45) is 5.92 Å². The van der Waals surface area contributed by atoms with Crippen LogP contribution in [0.4, 0.5) is 0 Å². The maximum Gasteiger partial charge on any atom is 0.124 e. The summed E-state index contributed by atoms with van der Waals surface area (Å²) in [6.45, 7) is 5.29. The minimum atomic E-state index is 0.230. The van der Waals surface area contributed by atoms with Gasteiger partial charge in [-0.05, 0) is 19.4 Å². The number of hydrogen-bond acceptors (Lipinski definition) is 3. The van der Waals surface area contributed by atoms with Gasteiger partial charge in [-0.2, -0.15) is 0 Å². The van der Waals surface area contributed by atoms with Gasteiger partial charge in [0, 0.05) is 30.2 Å². The number of aliphatic hydroxyl groups excluding tert-OH is 1. The average Bonchev–Trinajstić information content (AvgIpc) is 2.33. The fraction of sp³-hybridized carbons (Fsp3) is 0.571. The van der Waals surface area contributed by atoms with E-state index in [1.54, 1.807) is 0 Å². The number of nitrogens with one attached hydrogen (secondary N) is 1. The van der Waals surface area contributed by atoms with Crippen molar-refractivity contribution < 1.29 is 9.84 Å². The van der Waals surface area contributed by atoms with Gasteiger partial charge >= 0.3 is 0 Å². The van der Waals surface area contributed by atoms with Crippen molar-refractivity contribution in [1.29, 1.82) is 0 Å². The van der Waals surface area contributed by atoms with E-state index in [2.05, 4.69) is 25.2 Å². The van der Waals surface area contributed by atoms with E-state index < -0.39 is 0 Å². The number of benzene rings is 1. The Bertz CT molecular complexity index is 367. The van der Waals surface area contributed by atoms with Crippen LogP contribution >= 0.6 is 0 Å². The lowest BCUT2D eigenvalue weighted by molar-refractivity contribution is 0.175. The molecule has 0 fully saturated rings. The van der Waals surface area contributed by atoms with Crippen LogP contribution < -0.4 is 10.1 Å². The third kappa shape index (κ3) is 2.79. The fourth-order valence-corrected chi connectivity index (χ4v) is 2.33. The lowest BCUT2D eigenvalue weighted by Gasteiger charge is -2.34. The first-order valence-electron chi connectivity index (χ1n) is 6.31. The smallest absolute Gasteiger partial charge is 0.124 e. The molecule has 0 aromatic heterocycles. The molecule has 1 aliphatic rings. The van der Waals surface area contributed by atoms with Gasteiger partial charge in [0.2, 0.25) is 0 Å². The molecule has 2 N–H and O–H groups in total. The van der Waals surface area contributed by atoms with Gasteiger partial charge in [0.15, 0.2) is 0 Å². The number of para-hydroxylation sites is 1. The maximum absolute atomic E-state index is 8.96. The fourth-order valence-electron chi connectivity index (χ4n) is 2.33. The highest BCUT2D eigenvalue weighted by Crippen LogP contribution is 2.35. The first-order valence-corrected chi connectivity index (χ1v) is 6.31. The number of rotatable bonds is 4. The van der Waals surface area contributed by atoms with Crippen molar-refractivity contribution in [3.05, 3.63) is 29.8 Å². The normalized spacial score (nSPS) is 24.9. The van der Waals surface area contributed by atoms with E-state index in [1.165, 1.54) is 5.56 Å². The Hall–Kier alpha value is -1.06. The highest BCUT2D eigenvalue weighted by molar-refractivity contribution is 5.37. The van der Waals surface area contributed by atoms with E-state index in [1.807, 2.05) is 18.2 Å². The molecule has 3 atom stereocenters. The third-order valence-corrected chi connectivity index (χ3v) is 3.35. The SMILES string of the molecule is CC(CCO)NC1c2ccccc2OCC1C. The van der Waals surface area contributed by atoms with Crippen LogP contribution in [-0.4, -0.2) is 24.4 Å². The number of aliphatic hydroxyl groups is 1. The van der Waals surface area contributed by atoms with E-state index in [0.717, 1.165) is 18.8 Å². The maximum atomic E-state index is 8.96. The third-order valence-electron chi connectivity index (χ3n) is 3.35. The molecule has 1 aliphatic heterocycles. The molecule has 1 aromatic rings. The van der Waals surface area contributed by atoms with Crippen LogP contribution in [-0.2, 0) is 0 Å². The molecule has 0 spiro atoms. The Kier molecular flexibility index (Phi) is 4.02. The van der Waals surface area contributed by atoms with Crippen LogP contribution in [0.3, 0.4) is 0 Å². The van der Waals surface area contributed by atoms with Crippen LogP contribution in [0.2, 0.25) is 0 Å². The van der Waals surface area contributed by atoms with Gasteiger partial charge in [-0.15, -0.1) is 0 Å². The summed E-state index contributed by atoms with van der Waals surface area (Å²) in [7, 11) is 0. The molecule has 17 heavy (non-hydrogen) atoms. The summed E-state index contributed by atoms with van der Waals surface area (Å²) in [4.78, 5) is 0. The van der Waals surface area contributed by atoms with E-state index in [-0.39, 0.29) is 6.61 Å². The summed E-state index contributed by atoms with van der Waals surface area (Å²) in [6.07, 6.45) is 0.784. The topological polar surface area (TPSA) is 41.5 Å². The van der Waals surface area contributed by atoms with E-state index in [4.69, 9.17) is 9.84 Å². The second-order valence-corrected chi connectivity index (χ2v) is 4.88. The van der Waals surface area contributed by atoms with Crippen molar-refractivity contribution >= 4 is 0 Å². The Labute approximate surface area is 103 Å². The molecule has 0 bridgehead atoms. The Morgan fingerprint density at radius 2 is 2.24 bits per heavy atom. The second-order valence-electron chi connectivity index (χ2n) is 4.88. The van der Waals surface area contributed by atoms with Crippen molar-refractivity contribution in [2.45, 2.75) is 32.4 Å². The molecule has 0 aliphatic carbocycles. The zero-order valence-corrected chi connectivity index (χ0v) is 10.5. The molecule has 0 radical (unpaired) electrons. The molecular formula is C14H21NO2. The van der Waals surface area contributed by atoms with E-state index in [9.17, 15) is 0 Å². The largest absolute Gasteiger partial charge is 0.493 e. The van der Waals surface area contributed by atoms with E-state index in [0.29, 0.717) is 18.0 Å². The summed E-state index contributed by atoms with van der Waals surface area (Å²) >= 11 is 0. The Balaban J connectivity index is 2.15. The highest BCUT2D eigenvalue weighted by atomic mass is 16.5. The molecule has 3 nitrogen and oxygen atoms in total. The molecule has 0 saturated heterocycles. The molecule has 0 amide bonds. The Morgan fingerprint density at radius 1 is 1.47 bits per heavy atom. The molecule has 2 rings (SSSR count). The van der Waals surface area contributed by atoms with Gasteiger partial charge in [-0.1, -0.05) is 25.1 Å². The predicted molar refractivity (Wildman–Crippen MR) is 68.1 cm³/mol. The van der Waals surface area contributed by atoms with Crippen molar-refractivity contribution in [1.82, 2.24) is 5.32 Å².